The topological polar surface area (TPSA) is 314 Å². The molecular weight excluding hydrogens is 1130 g/mol. The quantitative estimate of drug-likeness (QED) is 0.0638. The Morgan fingerprint density at radius 2 is 1.05 bits per heavy atom. The number of rotatable bonds is 15. The van der Waals surface area contributed by atoms with E-state index >= 15 is 0 Å². The molecule has 8 aromatic rings. The van der Waals surface area contributed by atoms with E-state index in [0.717, 1.165) is 23.8 Å². The maximum Gasteiger partial charge on any atom is 1.00 e. The SMILES string of the molecule is C.CCc1cc(=O)oc2[nH]c(=O)n(CC(=O)c3ccccc3)c(=O)c12.CCc1cc(=O)oc2c1c(=O)[nH]c(=O)n2COC.CCc1cc(=O)oc2c1c(=O)n(CC(=O)c1ccccc1)c(=O)n2COC.O=C(CBr)C1=CC=[C+]C=C1.[H-].[Na+]. The Kier molecular flexibility index (Phi) is 24.4. The molecule has 418 valence electrons. The summed E-state index contributed by atoms with van der Waals surface area (Å²) in [5.74, 6) is -0.638. The maximum atomic E-state index is 13.0. The van der Waals surface area contributed by atoms with Crippen LogP contribution in [-0.2, 0) is 60.1 Å². The Labute approximate surface area is 490 Å². The standard InChI is InChI=1S/C19H18N2O6.C17H14N2O5.C11H12N2O5.C8H6BrO.CH4.Na.H/c1-3-12-9-15(23)27-18-16(12)17(24)20(19(25)21(18)11-26-2)10-14(22)13-7-5-4-6-8-13;1-2-10-8-13(21)24-15-14(10)16(22)19(17(23)18-15)9-12(20)11-6-4-3-5-7-11;1-3-6-4-7(14)18-10-8(6)9(15)12-11(16)13(10)5-17-2;9-6-8(10)7-4-2-1-3-5-7;;;/h4-9H,3,10-11H2,1-2H3;3-8H,2,9H2,1H3,(H,18,23);4H,3,5H2,1-2H3,(H,12,15,16);2-5H,6H2;1H4;;/q;;;+1;;+1;-1. The molecule has 0 unspecified atom stereocenters. The molecule has 1 aliphatic carbocycles. The third kappa shape index (κ3) is 15.5. The number of ether oxygens (including phenoxy) is 2. The molecule has 6 heterocycles. The Morgan fingerprint density at radius 3 is 1.54 bits per heavy atom. The van der Waals surface area contributed by atoms with E-state index in [1.165, 1.54) is 32.4 Å². The zero-order valence-electron chi connectivity index (χ0n) is 45.1. The predicted molar refractivity (Wildman–Crippen MR) is 301 cm³/mol. The molecule has 1 aliphatic rings. The number of H-pyrrole nitrogens is 2. The predicted octanol–water partition coefficient (Wildman–Crippen LogP) is 1.62. The fraction of sp³-hybridized carbons (Fsp3) is 0.250. The minimum atomic E-state index is -0.798. The molecule has 0 radical (unpaired) electrons. The van der Waals surface area contributed by atoms with Gasteiger partial charge in [-0.1, -0.05) is 105 Å². The van der Waals surface area contributed by atoms with Crippen molar-refractivity contribution in [2.24, 2.45) is 0 Å². The summed E-state index contributed by atoms with van der Waals surface area (Å²) in [5.41, 5.74) is -3.49. The number of halogens is 1. The van der Waals surface area contributed by atoms with Crippen LogP contribution in [0.15, 0.2) is 165 Å². The number of ketones is 3. The zero-order valence-corrected chi connectivity index (χ0v) is 47.7. The molecule has 0 bridgehead atoms. The van der Waals surface area contributed by atoms with Crippen molar-refractivity contribution in [2.75, 3.05) is 19.5 Å². The molecule has 0 amide bonds. The largest absolute Gasteiger partial charge is 1.00 e. The molecule has 0 atom stereocenters. The van der Waals surface area contributed by atoms with Crippen molar-refractivity contribution in [1.82, 2.24) is 28.2 Å². The number of aryl methyl sites for hydroxylation is 3. The number of allylic oxidation sites excluding steroid dienone is 6. The van der Waals surface area contributed by atoms with Gasteiger partial charge in [-0.15, -0.1) is 0 Å². The molecule has 0 spiro atoms. The smallest absolute Gasteiger partial charge is 1.00 e. The van der Waals surface area contributed by atoms with E-state index < -0.39 is 63.7 Å². The van der Waals surface area contributed by atoms with Gasteiger partial charge in [0.1, 0.15) is 47.3 Å². The second kappa shape index (κ2) is 30.3. The number of carbonyl (C=O) groups is 3. The Hall–Kier alpha value is -8.35. The van der Waals surface area contributed by atoms with Crippen molar-refractivity contribution in [1.29, 1.82) is 0 Å². The summed E-state index contributed by atoms with van der Waals surface area (Å²) in [6.07, 6.45) is 11.1. The minimum absolute atomic E-state index is 0. The molecule has 2 aromatic carbocycles. The fourth-order valence-corrected chi connectivity index (χ4v) is 8.24. The van der Waals surface area contributed by atoms with E-state index in [4.69, 9.17) is 22.7 Å². The first-order chi connectivity index (χ1) is 37.9. The number of benzene rings is 2. The average Bonchev–Trinajstić information content (AvgIpc) is 3.59. The van der Waals surface area contributed by atoms with Crippen LogP contribution in [0.2, 0.25) is 0 Å². The Morgan fingerprint density at radius 1 is 0.593 bits per heavy atom. The normalized spacial score (nSPS) is 11.1. The summed E-state index contributed by atoms with van der Waals surface area (Å²) < 4.78 is 28.6. The first-order valence-electron chi connectivity index (χ1n) is 24.0. The number of methoxy groups -OCH3 is 2. The van der Waals surface area contributed by atoms with Crippen LogP contribution in [0.1, 0.15) is 67.0 Å². The second-order valence-electron chi connectivity index (χ2n) is 16.8. The van der Waals surface area contributed by atoms with Crippen LogP contribution < -0.4 is 80.2 Å². The fourth-order valence-electron chi connectivity index (χ4n) is 7.91. The van der Waals surface area contributed by atoms with Gasteiger partial charge in [-0.2, -0.15) is 0 Å². The number of aromatic amines is 2. The Bertz CT molecular complexity index is 4280. The van der Waals surface area contributed by atoms with Gasteiger partial charge >= 0.3 is 63.5 Å². The van der Waals surface area contributed by atoms with Gasteiger partial charge in [-0.25, -0.2) is 37.9 Å². The number of carbonyl (C=O) groups excluding carboxylic acids is 3. The van der Waals surface area contributed by atoms with E-state index in [-0.39, 0.29) is 103 Å². The van der Waals surface area contributed by atoms with E-state index in [1.54, 1.807) is 106 Å². The van der Waals surface area contributed by atoms with E-state index in [9.17, 15) is 57.5 Å². The average molecular weight is 1190 g/mol. The van der Waals surface area contributed by atoms with Crippen molar-refractivity contribution in [3.63, 3.8) is 0 Å². The second-order valence-corrected chi connectivity index (χ2v) is 17.3. The van der Waals surface area contributed by atoms with Crippen LogP contribution in [0.4, 0.5) is 0 Å². The summed E-state index contributed by atoms with van der Waals surface area (Å²) in [6, 6.07) is 20.4. The van der Waals surface area contributed by atoms with Gasteiger partial charge in [-0.05, 0) is 36.0 Å². The van der Waals surface area contributed by atoms with Gasteiger partial charge in [0.25, 0.3) is 16.7 Å². The van der Waals surface area contributed by atoms with E-state index in [0.29, 0.717) is 52.4 Å². The van der Waals surface area contributed by atoms with Crippen LogP contribution >= 0.6 is 15.9 Å². The van der Waals surface area contributed by atoms with Crippen molar-refractivity contribution < 1.29 is 68.1 Å². The monoisotopic (exact) mass is 1190 g/mol. The molecular formula is C56H55BrN6NaO17+. The van der Waals surface area contributed by atoms with Crippen molar-refractivity contribution in [2.45, 2.75) is 74.0 Å². The van der Waals surface area contributed by atoms with Crippen LogP contribution in [0.5, 0.6) is 0 Å². The number of Topliss-reactive ketones (excluding diaryl/α,β-unsaturated/α-hetero) is 3. The van der Waals surface area contributed by atoms with Gasteiger partial charge in [0, 0.05) is 49.6 Å². The molecule has 0 saturated heterocycles. The first-order valence-corrected chi connectivity index (χ1v) is 25.1. The molecule has 6 aromatic heterocycles. The zero-order chi connectivity index (χ0) is 57.5. The number of fused-ring (bicyclic) bond motifs is 3. The molecule has 0 saturated carbocycles. The van der Waals surface area contributed by atoms with E-state index in [2.05, 4.69) is 32.0 Å². The number of hydrogen-bond acceptors (Lipinski definition) is 17. The molecule has 9 rings (SSSR count). The third-order valence-electron chi connectivity index (χ3n) is 11.7. The van der Waals surface area contributed by atoms with Gasteiger partial charge in [0.15, 0.2) is 17.3 Å². The van der Waals surface area contributed by atoms with Gasteiger partial charge < -0.3 is 24.2 Å². The molecule has 81 heavy (non-hydrogen) atoms. The van der Waals surface area contributed by atoms with Crippen LogP contribution in [-0.4, -0.2) is 65.1 Å². The number of aromatic nitrogens is 6. The van der Waals surface area contributed by atoms with E-state index in [1.807, 2.05) is 0 Å². The maximum absolute atomic E-state index is 13.0. The Balaban J connectivity index is 0.000000296. The van der Waals surface area contributed by atoms with Crippen LogP contribution in [0, 0.1) is 6.08 Å². The summed E-state index contributed by atoms with van der Waals surface area (Å²) in [5, 5.41) is 0.790. The molecule has 0 aliphatic heterocycles. The molecule has 2 N–H and O–H groups in total. The number of alkyl halides is 1. The molecule has 0 fully saturated rings. The van der Waals surface area contributed by atoms with Crippen LogP contribution in [0.25, 0.3) is 33.3 Å². The van der Waals surface area contributed by atoms with Crippen molar-refractivity contribution >= 4 is 66.6 Å². The number of nitrogens with one attached hydrogen (secondary N) is 2. The third-order valence-corrected chi connectivity index (χ3v) is 12.2. The first kappa shape index (κ1) is 65.2. The molecule has 23 nitrogen and oxygen atoms in total. The number of nitrogens with zero attached hydrogens (tertiary/aromatic N) is 4. The summed E-state index contributed by atoms with van der Waals surface area (Å²) in [7, 11) is 2.76. The summed E-state index contributed by atoms with van der Waals surface area (Å²) >= 11 is 3.09. The van der Waals surface area contributed by atoms with Gasteiger partial charge in [0.05, 0.1) is 30.6 Å². The number of hydrogen-bond donors (Lipinski definition) is 2. The van der Waals surface area contributed by atoms with Gasteiger partial charge in [-0.3, -0.25) is 47.9 Å². The molecule has 25 heteroatoms. The van der Waals surface area contributed by atoms with Gasteiger partial charge in [0.2, 0.25) is 17.1 Å². The minimum Gasteiger partial charge on any atom is -1.00 e. The van der Waals surface area contributed by atoms with Crippen molar-refractivity contribution in [3.05, 3.63) is 236 Å². The summed E-state index contributed by atoms with van der Waals surface area (Å²) in [4.78, 5) is 149. The summed E-state index contributed by atoms with van der Waals surface area (Å²) in [6.45, 7) is 4.20. The van der Waals surface area contributed by atoms with Crippen molar-refractivity contribution in [3.8, 4) is 0 Å². The van der Waals surface area contributed by atoms with Crippen LogP contribution in [0.3, 0.4) is 0 Å².